The zero-order chi connectivity index (χ0) is 12.5. The number of benzene rings is 1. The second kappa shape index (κ2) is 4.75. The highest BCUT2D eigenvalue weighted by Crippen LogP contribution is 2.24. The molecule has 0 unspecified atom stereocenters. The molecule has 1 saturated heterocycles. The van der Waals surface area contributed by atoms with Gasteiger partial charge in [0.15, 0.2) is 0 Å². The Labute approximate surface area is 112 Å². The Kier molecular flexibility index (Phi) is 3.10. The van der Waals surface area contributed by atoms with Crippen molar-refractivity contribution in [1.82, 2.24) is 10.3 Å². The molecule has 1 aliphatic rings. The first-order chi connectivity index (χ1) is 8.74. The Hall–Kier alpha value is -1.32. The molecule has 1 aromatic heterocycles. The van der Waals surface area contributed by atoms with Gasteiger partial charge in [0.05, 0.1) is 5.52 Å². The summed E-state index contributed by atoms with van der Waals surface area (Å²) >= 11 is 6.05. The van der Waals surface area contributed by atoms with Crippen LogP contribution in [-0.2, 0) is 0 Å². The van der Waals surface area contributed by atoms with Gasteiger partial charge in [0.1, 0.15) is 5.15 Å². The van der Waals surface area contributed by atoms with Gasteiger partial charge >= 0.3 is 0 Å². The van der Waals surface area contributed by atoms with E-state index >= 15 is 0 Å². The molecule has 2 aromatic rings. The zero-order valence-corrected chi connectivity index (χ0v) is 11.2. The third-order valence-electron chi connectivity index (χ3n) is 3.41. The SMILES string of the molecule is Cc1cc2cc(N3CCNCC3)ccc2nc1Cl. The van der Waals surface area contributed by atoms with Crippen LogP contribution in [-0.4, -0.2) is 31.2 Å². The molecule has 94 valence electrons. The summed E-state index contributed by atoms with van der Waals surface area (Å²) in [6, 6.07) is 8.50. The molecule has 0 amide bonds. The van der Waals surface area contributed by atoms with E-state index in [-0.39, 0.29) is 0 Å². The Balaban J connectivity index is 2.02. The highest BCUT2D eigenvalue weighted by atomic mass is 35.5. The fourth-order valence-electron chi connectivity index (χ4n) is 2.37. The Morgan fingerprint density at radius 1 is 1.22 bits per heavy atom. The number of aromatic nitrogens is 1. The van der Waals surface area contributed by atoms with Crippen molar-refractivity contribution in [3.05, 3.63) is 35.0 Å². The van der Waals surface area contributed by atoms with Gasteiger partial charge in [-0.3, -0.25) is 0 Å². The standard InChI is InChI=1S/C14H16ClN3/c1-10-8-11-9-12(18-6-4-16-5-7-18)2-3-13(11)17-14(10)15/h2-3,8-9,16H,4-7H2,1H3. The monoisotopic (exact) mass is 261 g/mol. The third kappa shape index (κ3) is 2.16. The smallest absolute Gasteiger partial charge is 0.132 e. The molecule has 1 aromatic carbocycles. The highest BCUT2D eigenvalue weighted by molar-refractivity contribution is 6.30. The lowest BCUT2D eigenvalue weighted by molar-refractivity contribution is 0.589. The minimum atomic E-state index is 0.595. The number of aryl methyl sites for hydroxylation is 1. The van der Waals surface area contributed by atoms with E-state index in [0.717, 1.165) is 42.6 Å². The van der Waals surface area contributed by atoms with E-state index in [1.807, 2.05) is 6.92 Å². The molecular formula is C14H16ClN3. The molecule has 0 spiro atoms. The van der Waals surface area contributed by atoms with Gasteiger partial charge in [-0.25, -0.2) is 4.98 Å². The van der Waals surface area contributed by atoms with Gasteiger partial charge in [-0.15, -0.1) is 0 Å². The topological polar surface area (TPSA) is 28.2 Å². The van der Waals surface area contributed by atoms with Crippen LogP contribution in [0.25, 0.3) is 10.9 Å². The quantitative estimate of drug-likeness (QED) is 0.800. The van der Waals surface area contributed by atoms with Crippen LogP contribution in [0.2, 0.25) is 5.15 Å². The van der Waals surface area contributed by atoms with Crippen molar-refractivity contribution in [2.45, 2.75) is 6.92 Å². The van der Waals surface area contributed by atoms with Gasteiger partial charge in [0.25, 0.3) is 0 Å². The number of piperazine rings is 1. The molecule has 3 rings (SSSR count). The van der Waals surface area contributed by atoms with E-state index in [4.69, 9.17) is 11.6 Å². The summed E-state index contributed by atoms with van der Waals surface area (Å²) in [7, 11) is 0. The lowest BCUT2D eigenvalue weighted by atomic mass is 10.1. The molecule has 18 heavy (non-hydrogen) atoms. The number of fused-ring (bicyclic) bond motifs is 1. The third-order valence-corrected chi connectivity index (χ3v) is 3.79. The number of rotatable bonds is 1. The molecule has 0 radical (unpaired) electrons. The summed E-state index contributed by atoms with van der Waals surface area (Å²) in [4.78, 5) is 6.80. The van der Waals surface area contributed by atoms with Crippen molar-refractivity contribution in [3.8, 4) is 0 Å². The number of hydrogen-bond acceptors (Lipinski definition) is 3. The predicted molar refractivity (Wildman–Crippen MR) is 76.6 cm³/mol. The van der Waals surface area contributed by atoms with Crippen LogP contribution in [0.4, 0.5) is 5.69 Å². The van der Waals surface area contributed by atoms with E-state index in [9.17, 15) is 0 Å². The van der Waals surface area contributed by atoms with E-state index in [0.29, 0.717) is 5.15 Å². The first-order valence-electron chi connectivity index (χ1n) is 6.26. The second-order valence-corrected chi connectivity index (χ2v) is 5.07. The van der Waals surface area contributed by atoms with Gasteiger partial charge in [0.2, 0.25) is 0 Å². The van der Waals surface area contributed by atoms with E-state index in [1.54, 1.807) is 0 Å². The van der Waals surface area contributed by atoms with Crippen molar-refractivity contribution in [1.29, 1.82) is 0 Å². The number of pyridine rings is 1. The second-order valence-electron chi connectivity index (χ2n) is 4.71. The first-order valence-corrected chi connectivity index (χ1v) is 6.64. The number of nitrogens with zero attached hydrogens (tertiary/aromatic N) is 2. The van der Waals surface area contributed by atoms with Gasteiger partial charge in [-0.1, -0.05) is 11.6 Å². The van der Waals surface area contributed by atoms with Crippen LogP contribution in [0.1, 0.15) is 5.56 Å². The number of halogens is 1. The van der Waals surface area contributed by atoms with Crippen LogP contribution in [0.3, 0.4) is 0 Å². The normalized spacial score (nSPS) is 16.2. The van der Waals surface area contributed by atoms with E-state index in [1.165, 1.54) is 5.69 Å². The minimum Gasteiger partial charge on any atom is -0.369 e. The lowest BCUT2D eigenvalue weighted by Gasteiger charge is -2.29. The van der Waals surface area contributed by atoms with Crippen molar-refractivity contribution in [2.75, 3.05) is 31.1 Å². The lowest BCUT2D eigenvalue weighted by Crippen LogP contribution is -2.43. The maximum Gasteiger partial charge on any atom is 0.132 e. The number of hydrogen-bond donors (Lipinski definition) is 1. The van der Waals surface area contributed by atoms with Crippen molar-refractivity contribution >= 4 is 28.2 Å². The largest absolute Gasteiger partial charge is 0.369 e. The molecule has 1 N–H and O–H groups in total. The van der Waals surface area contributed by atoms with Crippen LogP contribution in [0, 0.1) is 6.92 Å². The summed E-state index contributed by atoms with van der Waals surface area (Å²) in [6.07, 6.45) is 0. The molecular weight excluding hydrogens is 246 g/mol. The van der Waals surface area contributed by atoms with Crippen LogP contribution in [0.5, 0.6) is 0 Å². The van der Waals surface area contributed by atoms with Gasteiger partial charge in [0, 0.05) is 37.3 Å². The summed E-state index contributed by atoms with van der Waals surface area (Å²) in [5.41, 5.74) is 3.26. The fraction of sp³-hybridized carbons (Fsp3) is 0.357. The van der Waals surface area contributed by atoms with Crippen LogP contribution in [0.15, 0.2) is 24.3 Å². The number of anilines is 1. The Bertz CT molecular complexity index is 577. The molecule has 0 saturated carbocycles. The van der Waals surface area contributed by atoms with Crippen molar-refractivity contribution < 1.29 is 0 Å². The molecule has 4 heteroatoms. The Morgan fingerprint density at radius 2 is 2.00 bits per heavy atom. The maximum atomic E-state index is 6.05. The van der Waals surface area contributed by atoms with Crippen molar-refractivity contribution in [2.24, 2.45) is 0 Å². The molecule has 0 aliphatic carbocycles. The van der Waals surface area contributed by atoms with Gasteiger partial charge in [-0.05, 0) is 36.8 Å². The van der Waals surface area contributed by atoms with Gasteiger partial charge in [-0.2, -0.15) is 0 Å². The summed E-state index contributed by atoms with van der Waals surface area (Å²) in [5, 5.41) is 5.12. The molecule has 2 heterocycles. The van der Waals surface area contributed by atoms with Crippen LogP contribution >= 0.6 is 11.6 Å². The number of nitrogens with one attached hydrogen (secondary N) is 1. The van der Waals surface area contributed by atoms with E-state index in [2.05, 4.69) is 39.5 Å². The molecule has 0 atom stereocenters. The van der Waals surface area contributed by atoms with Crippen LogP contribution < -0.4 is 10.2 Å². The first kappa shape index (κ1) is 11.8. The predicted octanol–water partition coefficient (Wildman–Crippen LogP) is 2.61. The van der Waals surface area contributed by atoms with Gasteiger partial charge < -0.3 is 10.2 Å². The summed E-state index contributed by atoms with van der Waals surface area (Å²) in [6.45, 7) is 6.22. The Morgan fingerprint density at radius 3 is 2.78 bits per heavy atom. The molecule has 1 fully saturated rings. The van der Waals surface area contributed by atoms with E-state index < -0.39 is 0 Å². The van der Waals surface area contributed by atoms with Crippen molar-refractivity contribution in [3.63, 3.8) is 0 Å². The maximum absolute atomic E-state index is 6.05. The molecule has 1 aliphatic heterocycles. The fourth-order valence-corrected chi connectivity index (χ4v) is 2.51. The summed E-state index contributed by atoms with van der Waals surface area (Å²) < 4.78 is 0. The average Bonchev–Trinajstić information content (AvgIpc) is 2.41. The average molecular weight is 262 g/mol. The zero-order valence-electron chi connectivity index (χ0n) is 10.4. The summed E-state index contributed by atoms with van der Waals surface area (Å²) in [5.74, 6) is 0. The molecule has 3 nitrogen and oxygen atoms in total. The highest BCUT2D eigenvalue weighted by Gasteiger charge is 2.11. The molecule has 0 bridgehead atoms. The minimum absolute atomic E-state index is 0.595.